The van der Waals surface area contributed by atoms with Gasteiger partial charge in [-0.3, -0.25) is 0 Å². The Kier molecular flexibility index (Phi) is 24.5. The number of halogens is 1. The van der Waals surface area contributed by atoms with Crippen LogP contribution in [0.1, 0.15) is 99.8 Å². The maximum atomic E-state index is 12.2. The van der Waals surface area contributed by atoms with Crippen LogP contribution in [0.15, 0.2) is 0 Å². The van der Waals surface area contributed by atoms with Crippen LogP contribution in [0.3, 0.4) is 0 Å². The summed E-state index contributed by atoms with van der Waals surface area (Å²) in [6.07, 6.45) is 9.00. The summed E-state index contributed by atoms with van der Waals surface area (Å²) < 4.78 is 6.35. The van der Waals surface area contributed by atoms with E-state index in [0.717, 1.165) is 42.8 Å². The molecule has 0 aliphatic heterocycles. The van der Waals surface area contributed by atoms with Gasteiger partial charge in [0.05, 0.1) is 6.61 Å². The van der Waals surface area contributed by atoms with E-state index in [9.17, 15) is 9.59 Å². The molecule has 0 spiro atoms. The zero-order chi connectivity index (χ0) is 29.2. The predicted molar refractivity (Wildman–Crippen MR) is 158 cm³/mol. The van der Waals surface area contributed by atoms with Crippen LogP contribution >= 0.6 is 0 Å². The van der Waals surface area contributed by atoms with E-state index in [0.29, 0.717) is 36.3 Å². The maximum Gasteiger partial charge on any atom is 2.00 e. The van der Waals surface area contributed by atoms with Crippen molar-refractivity contribution in [3.8, 4) is 0 Å². The monoisotopic (exact) mass is 888 g/mol. The van der Waals surface area contributed by atoms with Crippen LogP contribution in [-0.4, -0.2) is 47.7 Å². The zero-order valence-electron chi connectivity index (χ0n) is 26.5. The van der Waals surface area contributed by atoms with E-state index < -0.39 is 21.2 Å². The largest absolute Gasteiger partial charge is 2.00 e. The third kappa shape index (κ3) is 17.9. The van der Waals surface area contributed by atoms with E-state index in [4.69, 9.17) is 4.74 Å². The first-order valence-corrected chi connectivity index (χ1v) is 17.5. The van der Waals surface area contributed by atoms with E-state index in [1.807, 2.05) is 6.92 Å². The molecule has 1 saturated carbocycles. The van der Waals surface area contributed by atoms with Gasteiger partial charge < -0.3 is 11.7 Å². The van der Waals surface area contributed by atoms with Crippen LogP contribution in [0, 0.1) is 79.5 Å². The van der Waals surface area contributed by atoms with Gasteiger partial charge in [-0.05, 0) is 17.8 Å². The van der Waals surface area contributed by atoms with E-state index in [1.54, 1.807) is 7.11 Å². The normalized spacial score (nSPS) is 21.7. The number of nitrogens with one attached hydrogen (secondary N) is 3. The van der Waals surface area contributed by atoms with Crippen molar-refractivity contribution in [1.29, 1.82) is 0 Å². The van der Waals surface area contributed by atoms with Gasteiger partial charge in [-0.1, -0.05) is 34.1 Å². The number of amides is 3. The van der Waals surface area contributed by atoms with E-state index in [-0.39, 0.29) is 46.5 Å². The number of rotatable bonds is 17. The summed E-state index contributed by atoms with van der Waals surface area (Å²) in [7, 11) is 1.78. The molecule has 3 N–H and O–H groups in total. The molecule has 0 aromatic rings. The van der Waals surface area contributed by atoms with Gasteiger partial charge in [0.25, 0.3) is 0 Å². The second-order valence-electron chi connectivity index (χ2n) is 12.0. The molecule has 0 saturated heterocycles. The number of hydrogen-bond donors (Lipinski definition) is 3. The Morgan fingerprint density at radius 2 is 1.77 bits per heavy atom. The molecule has 3 amide bonds. The van der Waals surface area contributed by atoms with Crippen molar-refractivity contribution < 1.29 is 66.6 Å². The van der Waals surface area contributed by atoms with E-state index in [2.05, 4.69) is 71.3 Å². The molecule has 1 aliphatic rings. The van der Waals surface area contributed by atoms with Crippen molar-refractivity contribution in [2.75, 3.05) is 37.8 Å². The number of urea groups is 1. The van der Waals surface area contributed by atoms with Gasteiger partial charge in [0.1, 0.15) is 0 Å². The number of unbranched alkanes of at least 4 members (excludes halogenated alkanes) is 1. The summed E-state index contributed by atoms with van der Waals surface area (Å²) in [4.78, 5) is 23.8. The van der Waals surface area contributed by atoms with Gasteiger partial charge in [0, 0.05) is 7.11 Å². The van der Waals surface area contributed by atoms with Crippen LogP contribution in [0.4, 0.5) is 9.59 Å². The van der Waals surface area contributed by atoms with Gasteiger partial charge in [-0.2, -0.15) is 6.42 Å². The van der Waals surface area contributed by atoms with Crippen LogP contribution in [0.25, 0.3) is 0 Å². The van der Waals surface area contributed by atoms with Crippen LogP contribution in [0.5, 0.6) is 0 Å². The number of alkyl halides is 1. The SMILES string of the molecule is [CH2-]C(CC)(CC[I-]C(=O)NCC)CNC(=O)NCC1CC(CC)CC1C.[CH2-]CCCC(C)(COC)C(C)C.[U+2]. The molecule has 1 fully saturated rings. The van der Waals surface area contributed by atoms with Crippen molar-refractivity contribution >= 4 is 9.95 Å². The molecule has 6 nitrogen and oxygen atoms in total. The summed E-state index contributed by atoms with van der Waals surface area (Å²) in [6, 6.07) is -0.0861. The number of carbonyl (C=O) groups is 2. The fraction of sp³-hybridized carbons (Fsp3) is 0.871. The summed E-state index contributed by atoms with van der Waals surface area (Å²) in [5.41, 5.74) is 0.157. The van der Waals surface area contributed by atoms with Crippen molar-refractivity contribution in [3.63, 3.8) is 0 Å². The minimum atomic E-state index is -0.487. The topological polar surface area (TPSA) is 79.5 Å². The molecular formula is C31H61IN3O3U-. The first kappa shape index (κ1) is 41.6. The molecule has 0 aromatic heterocycles. The summed E-state index contributed by atoms with van der Waals surface area (Å²) in [6.45, 7) is 26.5. The number of hydrogen-bond acceptors (Lipinski definition) is 3. The molecular weight excluding hydrogens is 827 g/mol. The van der Waals surface area contributed by atoms with Crippen molar-refractivity contribution in [2.45, 2.75) is 99.8 Å². The Labute approximate surface area is 276 Å². The van der Waals surface area contributed by atoms with E-state index in [1.165, 1.54) is 32.1 Å². The summed E-state index contributed by atoms with van der Waals surface area (Å²) in [5.74, 6) is 2.80. The molecule has 0 heterocycles. The fourth-order valence-electron chi connectivity index (χ4n) is 4.94. The predicted octanol–water partition coefficient (Wildman–Crippen LogP) is 4.10. The molecule has 0 aromatic carbocycles. The minimum absolute atomic E-state index is 0. The Morgan fingerprint density at radius 1 is 1.10 bits per heavy atom. The van der Waals surface area contributed by atoms with Gasteiger partial charge in [-0.15, -0.1) is 0 Å². The zero-order valence-corrected chi connectivity index (χ0v) is 32.8. The molecule has 230 valence electrons. The number of ether oxygens (including phenoxy) is 1. The Balaban J connectivity index is 0. The van der Waals surface area contributed by atoms with Gasteiger partial charge in [0.2, 0.25) is 0 Å². The molecule has 1 rings (SSSR count). The average Bonchev–Trinajstić information content (AvgIpc) is 3.25. The van der Waals surface area contributed by atoms with Crippen molar-refractivity contribution in [1.82, 2.24) is 16.0 Å². The van der Waals surface area contributed by atoms with Crippen molar-refractivity contribution in [2.24, 2.45) is 34.5 Å². The second-order valence-corrected chi connectivity index (χ2v) is 14.8. The third-order valence-electron chi connectivity index (χ3n) is 8.64. The smallest absolute Gasteiger partial charge is 0.384 e. The summed E-state index contributed by atoms with van der Waals surface area (Å²) in [5, 5.41) is 8.92. The average molecular weight is 889 g/mol. The first-order chi connectivity index (χ1) is 17.9. The molecule has 8 heteroatoms. The van der Waals surface area contributed by atoms with Crippen LogP contribution in [0.2, 0.25) is 0 Å². The van der Waals surface area contributed by atoms with Crippen molar-refractivity contribution in [3.05, 3.63) is 13.8 Å². The number of carbonyl (C=O) groups excluding carboxylic acids is 2. The molecule has 0 radical (unpaired) electrons. The van der Waals surface area contributed by atoms with Gasteiger partial charge in [-0.25, -0.2) is 0 Å². The minimum Gasteiger partial charge on any atom is -0.384 e. The second kappa shape index (κ2) is 23.0. The number of methoxy groups -OCH3 is 1. The molecule has 39 heavy (non-hydrogen) atoms. The van der Waals surface area contributed by atoms with Gasteiger partial charge >= 0.3 is 195 Å². The molecule has 0 bridgehead atoms. The Morgan fingerprint density at radius 3 is 2.26 bits per heavy atom. The Bertz CT molecular complexity index is 655. The van der Waals surface area contributed by atoms with Crippen LogP contribution < -0.4 is 37.2 Å². The maximum absolute atomic E-state index is 12.2. The quantitative estimate of drug-likeness (QED) is 0.0678. The molecule has 5 atom stereocenters. The fourth-order valence-corrected chi connectivity index (χ4v) is 7.50. The Hall–Kier alpha value is 0.482. The van der Waals surface area contributed by atoms with Crippen LogP contribution in [-0.2, 0) is 4.74 Å². The summed E-state index contributed by atoms with van der Waals surface area (Å²) >= 11 is -0.487. The molecule has 1 aliphatic carbocycles. The standard InChI is InChI=1S/C20H38IN3O2.C11H23O.U/c1-6-16-11-15(4)17(12-16)13-23-19(26)24-14-20(5,7-2)9-10-21-18(25)22-8-3;1-6-7-8-11(4,9-12-5)10(2)3;/h15-17H,5-14H2,1-4H3,(H,22,25)(H2,23,24,26);10H,1,6-9H2,2-5H3;/q-2;-1;+2. The van der Waals surface area contributed by atoms with Gasteiger partial charge in [0.15, 0.2) is 0 Å². The molecule has 5 unspecified atom stereocenters. The third-order valence-corrected chi connectivity index (χ3v) is 10.8. The first-order valence-electron chi connectivity index (χ1n) is 14.9. The van der Waals surface area contributed by atoms with E-state index >= 15 is 0 Å².